The number of aliphatic imine (C=N–C) groups is 1. The fourth-order valence-corrected chi connectivity index (χ4v) is 5.72. The first-order valence-electron chi connectivity index (χ1n) is 10.2. The van der Waals surface area contributed by atoms with Gasteiger partial charge in [0.2, 0.25) is 0 Å². The lowest BCUT2D eigenvalue weighted by molar-refractivity contribution is -0.146. The highest BCUT2D eigenvalue weighted by molar-refractivity contribution is 7.99. The molecule has 0 spiro atoms. The van der Waals surface area contributed by atoms with Crippen molar-refractivity contribution in [3.63, 3.8) is 0 Å². The summed E-state index contributed by atoms with van der Waals surface area (Å²) in [5, 5.41) is 3.46. The summed E-state index contributed by atoms with van der Waals surface area (Å²) >= 11 is 2.04. The van der Waals surface area contributed by atoms with Crippen molar-refractivity contribution in [3.05, 3.63) is 0 Å². The normalized spacial score (nSPS) is 28.4. The number of likely N-dealkylation sites (tertiary alicyclic amines) is 1. The van der Waals surface area contributed by atoms with Gasteiger partial charge in [-0.25, -0.2) is 0 Å². The van der Waals surface area contributed by atoms with Gasteiger partial charge in [-0.3, -0.25) is 14.7 Å². The van der Waals surface area contributed by atoms with Crippen molar-refractivity contribution < 1.29 is 14.3 Å². The SMILES string of the molecule is CCNC(=NCC1(N2CCOCC2)CCSC1)N1CCC(C(=O)OC)CC1. The second-order valence-corrected chi connectivity index (χ2v) is 8.69. The summed E-state index contributed by atoms with van der Waals surface area (Å²) in [5.74, 6) is 3.31. The van der Waals surface area contributed by atoms with Crippen molar-refractivity contribution in [3.8, 4) is 0 Å². The summed E-state index contributed by atoms with van der Waals surface area (Å²) in [7, 11) is 1.48. The number of ether oxygens (including phenoxy) is 2. The standard InChI is InChI=1S/C19H34N4O3S/c1-3-20-18(22-7-4-16(5-8-22)17(24)25-2)21-14-19(6-13-27-15-19)23-9-11-26-12-10-23/h16H,3-15H2,1-2H3,(H,20,21). The average molecular weight is 399 g/mol. The van der Waals surface area contributed by atoms with Crippen LogP contribution in [0.3, 0.4) is 0 Å². The maximum absolute atomic E-state index is 11.8. The summed E-state index contributed by atoms with van der Waals surface area (Å²) in [6.07, 6.45) is 2.87. The first kappa shape index (κ1) is 20.7. The van der Waals surface area contributed by atoms with Crippen LogP contribution >= 0.6 is 11.8 Å². The fraction of sp³-hybridized carbons (Fsp3) is 0.895. The van der Waals surface area contributed by atoms with Gasteiger partial charge in [0.05, 0.1) is 38.3 Å². The lowest BCUT2D eigenvalue weighted by atomic mass is 9.95. The molecule has 8 heteroatoms. The van der Waals surface area contributed by atoms with Crippen LogP contribution in [0.5, 0.6) is 0 Å². The molecular weight excluding hydrogens is 364 g/mol. The third kappa shape index (κ3) is 5.09. The van der Waals surface area contributed by atoms with Crippen molar-refractivity contribution in [2.45, 2.75) is 31.7 Å². The van der Waals surface area contributed by atoms with Crippen LogP contribution in [-0.2, 0) is 14.3 Å². The van der Waals surface area contributed by atoms with E-state index in [4.69, 9.17) is 14.5 Å². The molecule has 0 aromatic rings. The number of esters is 1. The minimum atomic E-state index is -0.0779. The Kier molecular flexibility index (Phi) is 7.66. The summed E-state index contributed by atoms with van der Waals surface area (Å²) in [4.78, 5) is 21.8. The Morgan fingerprint density at radius 3 is 2.63 bits per heavy atom. The highest BCUT2D eigenvalue weighted by Gasteiger charge is 2.41. The van der Waals surface area contributed by atoms with Gasteiger partial charge >= 0.3 is 5.97 Å². The number of hydrogen-bond donors (Lipinski definition) is 1. The van der Waals surface area contributed by atoms with E-state index in [0.29, 0.717) is 0 Å². The van der Waals surface area contributed by atoms with Gasteiger partial charge < -0.3 is 19.7 Å². The number of thioether (sulfide) groups is 1. The number of carbonyl (C=O) groups is 1. The Balaban J connectivity index is 1.65. The van der Waals surface area contributed by atoms with E-state index in [1.807, 2.05) is 11.8 Å². The van der Waals surface area contributed by atoms with Crippen LogP contribution in [0.15, 0.2) is 4.99 Å². The molecule has 1 N–H and O–H groups in total. The molecule has 7 nitrogen and oxygen atoms in total. The minimum Gasteiger partial charge on any atom is -0.469 e. The minimum absolute atomic E-state index is 0.0278. The van der Waals surface area contributed by atoms with E-state index >= 15 is 0 Å². The van der Waals surface area contributed by atoms with Gasteiger partial charge in [0.25, 0.3) is 0 Å². The number of guanidine groups is 1. The van der Waals surface area contributed by atoms with Crippen LogP contribution in [0.2, 0.25) is 0 Å². The third-order valence-electron chi connectivity index (χ3n) is 5.95. The zero-order valence-electron chi connectivity index (χ0n) is 16.7. The van der Waals surface area contributed by atoms with Gasteiger partial charge in [-0.2, -0.15) is 11.8 Å². The molecular formula is C19H34N4O3S. The summed E-state index contributed by atoms with van der Waals surface area (Å²) in [5.41, 5.74) is 0.166. The molecule has 3 aliphatic heterocycles. The zero-order valence-corrected chi connectivity index (χ0v) is 17.6. The first-order chi connectivity index (χ1) is 13.2. The summed E-state index contributed by atoms with van der Waals surface area (Å²) < 4.78 is 10.5. The first-order valence-corrected chi connectivity index (χ1v) is 11.4. The molecule has 0 amide bonds. The van der Waals surface area contributed by atoms with E-state index in [0.717, 1.165) is 77.0 Å². The molecule has 27 heavy (non-hydrogen) atoms. The molecule has 3 aliphatic rings. The summed E-state index contributed by atoms with van der Waals surface area (Å²) in [6.45, 7) is 9.19. The monoisotopic (exact) mass is 398 g/mol. The van der Waals surface area contributed by atoms with E-state index in [1.165, 1.54) is 19.3 Å². The van der Waals surface area contributed by atoms with Crippen LogP contribution in [0, 0.1) is 5.92 Å². The highest BCUT2D eigenvalue weighted by atomic mass is 32.2. The smallest absolute Gasteiger partial charge is 0.308 e. The van der Waals surface area contributed by atoms with Crippen molar-refractivity contribution in [1.82, 2.24) is 15.1 Å². The topological polar surface area (TPSA) is 66.4 Å². The summed E-state index contributed by atoms with van der Waals surface area (Å²) in [6, 6.07) is 0. The maximum atomic E-state index is 11.8. The van der Waals surface area contributed by atoms with Crippen LogP contribution < -0.4 is 5.32 Å². The predicted octanol–water partition coefficient (Wildman–Crippen LogP) is 1.04. The van der Waals surface area contributed by atoms with Crippen LogP contribution in [0.25, 0.3) is 0 Å². The van der Waals surface area contributed by atoms with E-state index in [1.54, 1.807) is 0 Å². The molecule has 154 valence electrons. The second-order valence-electron chi connectivity index (χ2n) is 7.58. The number of morpholine rings is 1. The average Bonchev–Trinajstić information content (AvgIpc) is 3.21. The molecule has 0 radical (unpaired) electrons. The van der Waals surface area contributed by atoms with Crippen molar-refractivity contribution in [1.29, 1.82) is 0 Å². The molecule has 0 aromatic heterocycles. The van der Waals surface area contributed by atoms with Crippen LogP contribution in [0.1, 0.15) is 26.2 Å². The highest BCUT2D eigenvalue weighted by Crippen LogP contribution is 2.34. The molecule has 3 heterocycles. The molecule has 3 saturated heterocycles. The van der Waals surface area contributed by atoms with E-state index in [-0.39, 0.29) is 17.4 Å². The molecule has 3 rings (SSSR count). The number of methoxy groups -OCH3 is 1. The van der Waals surface area contributed by atoms with Crippen LogP contribution in [0.4, 0.5) is 0 Å². The van der Waals surface area contributed by atoms with E-state index in [2.05, 4.69) is 22.0 Å². The quantitative estimate of drug-likeness (QED) is 0.422. The van der Waals surface area contributed by atoms with Crippen molar-refractivity contribution in [2.75, 3.05) is 71.1 Å². The lowest BCUT2D eigenvalue weighted by Crippen LogP contribution is -2.56. The molecule has 0 saturated carbocycles. The molecule has 3 fully saturated rings. The number of nitrogens with zero attached hydrogens (tertiary/aromatic N) is 3. The Bertz CT molecular complexity index is 511. The van der Waals surface area contributed by atoms with Gasteiger partial charge in [0.15, 0.2) is 5.96 Å². The van der Waals surface area contributed by atoms with E-state index in [9.17, 15) is 4.79 Å². The van der Waals surface area contributed by atoms with Gasteiger partial charge in [0, 0.05) is 38.5 Å². The Morgan fingerprint density at radius 2 is 2.04 bits per heavy atom. The van der Waals surface area contributed by atoms with Crippen molar-refractivity contribution >= 4 is 23.7 Å². The lowest BCUT2D eigenvalue weighted by Gasteiger charge is -2.42. The number of rotatable bonds is 5. The van der Waals surface area contributed by atoms with Crippen LogP contribution in [-0.4, -0.2) is 98.4 Å². The number of piperidine rings is 1. The Morgan fingerprint density at radius 1 is 1.30 bits per heavy atom. The van der Waals surface area contributed by atoms with Gasteiger partial charge in [-0.1, -0.05) is 0 Å². The molecule has 0 bridgehead atoms. The van der Waals surface area contributed by atoms with Crippen molar-refractivity contribution in [2.24, 2.45) is 10.9 Å². The molecule has 0 aromatic carbocycles. The predicted molar refractivity (Wildman–Crippen MR) is 109 cm³/mol. The largest absolute Gasteiger partial charge is 0.469 e. The number of hydrogen-bond acceptors (Lipinski definition) is 6. The fourth-order valence-electron chi connectivity index (χ4n) is 4.25. The molecule has 0 aliphatic carbocycles. The zero-order chi connectivity index (χ0) is 19.1. The van der Waals surface area contributed by atoms with E-state index < -0.39 is 0 Å². The Hall–Kier alpha value is -0.990. The third-order valence-corrected chi connectivity index (χ3v) is 7.19. The second kappa shape index (κ2) is 9.98. The maximum Gasteiger partial charge on any atom is 0.308 e. The Labute approximate surface area is 167 Å². The number of carbonyl (C=O) groups excluding carboxylic acids is 1. The molecule has 1 atom stereocenters. The van der Waals surface area contributed by atoms with Gasteiger partial charge in [0.1, 0.15) is 0 Å². The van der Waals surface area contributed by atoms with Gasteiger partial charge in [-0.05, 0) is 31.9 Å². The van der Waals surface area contributed by atoms with Gasteiger partial charge in [-0.15, -0.1) is 0 Å². The number of nitrogens with one attached hydrogen (secondary N) is 1. The molecule has 1 unspecified atom stereocenters.